The van der Waals surface area contributed by atoms with Gasteiger partial charge in [-0.2, -0.15) is 13.2 Å². The predicted molar refractivity (Wildman–Crippen MR) is 42.5 cm³/mol. The Morgan fingerprint density at radius 3 is 2.14 bits per heavy atom. The fourth-order valence-electron chi connectivity index (χ4n) is 0.894. The third kappa shape index (κ3) is 2.47. The number of carbonyl (C=O) groups is 1. The Bertz CT molecular complexity index is 247. The van der Waals surface area contributed by atoms with Gasteiger partial charge in [0.1, 0.15) is 0 Å². The number of carbonyl (C=O) groups excluding carboxylic acids is 1. The van der Waals surface area contributed by atoms with E-state index < -0.39 is 24.2 Å². The summed E-state index contributed by atoms with van der Waals surface area (Å²) in [5.41, 5.74) is -3.46. The summed E-state index contributed by atoms with van der Waals surface area (Å²) < 4.78 is 40.8. The average molecular weight is 212 g/mol. The van der Waals surface area contributed by atoms with Crippen molar-refractivity contribution in [2.75, 3.05) is 7.11 Å². The number of hydrogen-bond acceptors (Lipinski definition) is 3. The van der Waals surface area contributed by atoms with Crippen LogP contribution in [0.3, 0.4) is 0 Å². The summed E-state index contributed by atoms with van der Waals surface area (Å²) in [5.74, 6) is -1.73. The fraction of sp³-hybridized carbons (Fsp3) is 0.625. The molecular formula is C8H11F3O3. The van der Waals surface area contributed by atoms with Crippen molar-refractivity contribution < 1.29 is 27.8 Å². The van der Waals surface area contributed by atoms with Gasteiger partial charge in [-0.05, 0) is 6.92 Å². The summed E-state index contributed by atoms with van der Waals surface area (Å²) >= 11 is 0. The molecule has 0 aromatic carbocycles. The second-order valence-electron chi connectivity index (χ2n) is 2.98. The average Bonchev–Trinajstić information content (AvgIpc) is 1.99. The van der Waals surface area contributed by atoms with Crippen molar-refractivity contribution in [3.63, 3.8) is 0 Å². The smallest absolute Gasteiger partial charge is 0.428 e. The van der Waals surface area contributed by atoms with E-state index >= 15 is 0 Å². The normalized spacial score (nSPS) is 15.9. The molecule has 0 heterocycles. The number of rotatable bonds is 3. The summed E-state index contributed by atoms with van der Waals surface area (Å²) in [7, 11) is 0.775. The van der Waals surface area contributed by atoms with Gasteiger partial charge in [-0.15, -0.1) is 6.58 Å². The van der Waals surface area contributed by atoms with Crippen LogP contribution in [0.4, 0.5) is 13.2 Å². The van der Waals surface area contributed by atoms with Crippen LogP contribution in [0.2, 0.25) is 0 Å². The molecule has 14 heavy (non-hydrogen) atoms. The Labute approximate surface area is 79.2 Å². The molecule has 0 unspecified atom stereocenters. The molecule has 1 atom stereocenters. The monoisotopic (exact) mass is 212 g/mol. The number of ether oxygens (including phenoxy) is 1. The first-order valence-corrected chi connectivity index (χ1v) is 3.67. The fourth-order valence-corrected chi connectivity index (χ4v) is 0.894. The minimum absolute atomic E-state index is 0.0372. The van der Waals surface area contributed by atoms with Gasteiger partial charge in [0.05, 0.1) is 7.11 Å². The molecule has 0 rings (SSSR count). The minimum atomic E-state index is -5.07. The van der Waals surface area contributed by atoms with Crippen LogP contribution in [-0.4, -0.2) is 30.0 Å². The van der Waals surface area contributed by atoms with Crippen LogP contribution in [0.5, 0.6) is 0 Å². The van der Waals surface area contributed by atoms with Gasteiger partial charge >= 0.3 is 12.1 Å². The summed E-state index contributed by atoms with van der Waals surface area (Å²) in [6.07, 6.45) is -5.97. The Balaban J connectivity index is 5.05. The zero-order chi connectivity index (χ0) is 11.6. The Morgan fingerprint density at radius 2 is 1.93 bits per heavy atom. The van der Waals surface area contributed by atoms with Gasteiger partial charge in [0.15, 0.2) is 0 Å². The van der Waals surface area contributed by atoms with Gasteiger partial charge in [0, 0.05) is 6.42 Å². The molecule has 0 aliphatic heterocycles. The van der Waals surface area contributed by atoms with Crippen molar-refractivity contribution >= 4 is 5.97 Å². The quantitative estimate of drug-likeness (QED) is 0.568. The lowest BCUT2D eigenvalue weighted by Gasteiger charge is -2.27. The number of hydrogen-bond donors (Lipinski definition) is 1. The van der Waals surface area contributed by atoms with Crippen LogP contribution in [0.25, 0.3) is 0 Å². The minimum Gasteiger partial charge on any atom is -0.467 e. The number of methoxy groups -OCH3 is 1. The highest BCUT2D eigenvalue weighted by molar-refractivity contribution is 5.80. The van der Waals surface area contributed by atoms with Gasteiger partial charge in [0.25, 0.3) is 5.60 Å². The van der Waals surface area contributed by atoms with Crippen molar-refractivity contribution in [1.29, 1.82) is 0 Å². The number of alkyl halides is 3. The summed E-state index contributed by atoms with van der Waals surface area (Å²) in [6, 6.07) is 0. The lowest BCUT2D eigenvalue weighted by Crippen LogP contribution is -2.52. The van der Waals surface area contributed by atoms with Crippen molar-refractivity contribution in [3.05, 3.63) is 12.2 Å². The zero-order valence-corrected chi connectivity index (χ0v) is 7.81. The number of esters is 1. The van der Waals surface area contributed by atoms with Crippen molar-refractivity contribution in [3.8, 4) is 0 Å². The van der Waals surface area contributed by atoms with Gasteiger partial charge in [-0.25, -0.2) is 4.79 Å². The molecule has 3 nitrogen and oxygen atoms in total. The van der Waals surface area contributed by atoms with Gasteiger partial charge < -0.3 is 9.84 Å². The molecule has 0 fully saturated rings. The molecule has 0 amide bonds. The standard InChI is InChI=1S/C8H11F3O3/c1-5(2)4-7(13,6(12)14-3)8(9,10)11/h13H,1,4H2,2-3H3/t7-/m1/s1. The van der Waals surface area contributed by atoms with Crippen molar-refractivity contribution in [1.82, 2.24) is 0 Å². The molecule has 0 aliphatic carbocycles. The first-order valence-electron chi connectivity index (χ1n) is 3.67. The molecule has 0 aromatic heterocycles. The molecule has 0 bridgehead atoms. The van der Waals surface area contributed by atoms with E-state index in [1.165, 1.54) is 6.92 Å². The van der Waals surface area contributed by atoms with E-state index in [1.807, 2.05) is 0 Å². The molecule has 1 N–H and O–H groups in total. The topological polar surface area (TPSA) is 46.5 Å². The van der Waals surface area contributed by atoms with E-state index in [0.717, 1.165) is 7.11 Å². The second-order valence-corrected chi connectivity index (χ2v) is 2.98. The molecule has 0 spiro atoms. The summed E-state index contributed by atoms with van der Waals surface area (Å²) in [4.78, 5) is 10.8. The molecule has 0 aliphatic rings. The van der Waals surface area contributed by atoms with Crippen LogP contribution in [0, 0.1) is 0 Å². The first-order chi connectivity index (χ1) is 6.15. The van der Waals surface area contributed by atoms with E-state index in [4.69, 9.17) is 5.11 Å². The van der Waals surface area contributed by atoms with Gasteiger partial charge in [-0.1, -0.05) is 5.57 Å². The maximum atomic E-state index is 12.3. The summed E-state index contributed by atoms with van der Waals surface area (Å²) in [6.45, 7) is 4.48. The third-order valence-electron chi connectivity index (χ3n) is 1.55. The van der Waals surface area contributed by atoms with E-state index in [-0.39, 0.29) is 5.57 Å². The first kappa shape index (κ1) is 13.0. The highest BCUT2D eigenvalue weighted by Crippen LogP contribution is 2.35. The molecule has 0 aromatic rings. The van der Waals surface area contributed by atoms with Crippen molar-refractivity contribution in [2.24, 2.45) is 0 Å². The molecular weight excluding hydrogens is 201 g/mol. The highest BCUT2D eigenvalue weighted by Gasteiger charge is 2.60. The molecule has 6 heteroatoms. The van der Waals surface area contributed by atoms with E-state index in [1.54, 1.807) is 0 Å². The molecule has 82 valence electrons. The Kier molecular flexibility index (Phi) is 3.70. The Hall–Kier alpha value is -1.04. The Morgan fingerprint density at radius 1 is 1.50 bits per heavy atom. The van der Waals surface area contributed by atoms with Crippen LogP contribution in [0.15, 0.2) is 12.2 Å². The SMILES string of the molecule is C=C(C)C[C@@](O)(C(=O)OC)C(F)(F)F. The number of halogens is 3. The predicted octanol–water partition coefficient (Wildman–Crippen LogP) is 1.42. The van der Waals surface area contributed by atoms with Gasteiger partial charge in [-0.3, -0.25) is 0 Å². The molecule has 0 saturated heterocycles. The van der Waals surface area contributed by atoms with Crippen molar-refractivity contribution in [2.45, 2.75) is 25.1 Å². The molecule has 0 saturated carbocycles. The maximum absolute atomic E-state index is 12.3. The van der Waals surface area contributed by atoms with Crippen LogP contribution in [-0.2, 0) is 9.53 Å². The van der Waals surface area contributed by atoms with Gasteiger partial charge in [0.2, 0.25) is 0 Å². The largest absolute Gasteiger partial charge is 0.467 e. The maximum Gasteiger partial charge on any atom is 0.428 e. The van der Waals surface area contributed by atoms with E-state index in [9.17, 15) is 18.0 Å². The lowest BCUT2D eigenvalue weighted by atomic mass is 9.95. The highest BCUT2D eigenvalue weighted by atomic mass is 19.4. The van der Waals surface area contributed by atoms with Crippen LogP contribution < -0.4 is 0 Å². The third-order valence-corrected chi connectivity index (χ3v) is 1.55. The molecule has 0 radical (unpaired) electrons. The zero-order valence-electron chi connectivity index (χ0n) is 7.81. The second kappa shape index (κ2) is 4.00. The lowest BCUT2D eigenvalue weighted by molar-refractivity contribution is -0.261. The van der Waals surface area contributed by atoms with Crippen LogP contribution in [0.1, 0.15) is 13.3 Å². The van der Waals surface area contributed by atoms with Crippen LogP contribution >= 0.6 is 0 Å². The van der Waals surface area contributed by atoms with E-state index in [2.05, 4.69) is 11.3 Å². The van der Waals surface area contributed by atoms with E-state index in [0.29, 0.717) is 0 Å². The number of aliphatic hydroxyl groups is 1. The summed E-state index contributed by atoms with van der Waals surface area (Å²) in [5, 5.41) is 9.13.